The molecule has 0 amide bonds. The second-order valence-electron chi connectivity index (χ2n) is 4.09. The highest BCUT2D eigenvalue weighted by molar-refractivity contribution is 7.99. The van der Waals surface area contributed by atoms with Crippen molar-refractivity contribution in [3.8, 4) is 0 Å². The molecule has 1 atom stereocenters. The van der Waals surface area contributed by atoms with E-state index in [0.29, 0.717) is 12.2 Å². The summed E-state index contributed by atoms with van der Waals surface area (Å²) in [4.78, 5) is 6.90. The fraction of sp³-hybridized carbons (Fsp3) is 0.700. The molecule has 96 valence electrons. The van der Waals surface area contributed by atoms with Crippen LogP contribution in [0.15, 0.2) is 11.2 Å². The number of nitrogens with one attached hydrogen (secondary N) is 1. The van der Waals surface area contributed by atoms with Gasteiger partial charge in [-0.1, -0.05) is 6.92 Å². The maximum Gasteiger partial charge on any atom is 0.260 e. The van der Waals surface area contributed by atoms with E-state index >= 15 is 0 Å². The van der Waals surface area contributed by atoms with E-state index in [0.717, 1.165) is 17.9 Å². The van der Waals surface area contributed by atoms with Crippen LogP contribution in [0.1, 0.15) is 19.2 Å². The van der Waals surface area contributed by atoms with Gasteiger partial charge in [0.15, 0.2) is 5.03 Å². The summed E-state index contributed by atoms with van der Waals surface area (Å²) in [5, 5.41) is 0.203. The lowest BCUT2D eigenvalue weighted by Crippen LogP contribution is -2.37. The molecule has 5 nitrogen and oxygen atoms in total. The zero-order valence-corrected chi connectivity index (χ0v) is 11.6. The number of nitrogens with zero attached hydrogens (tertiary/aromatic N) is 2. The zero-order chi connectivity index (χ0) is 12.5. The first kappa shape index (κ1) is 12.9. The molecule has 0 bridgehead atoms. The van der Waals surface area contributed by atoms with Gasteiger partial charge in [-0.25, -0.2) is 13.4 Å². The summed E-state index contributed by atoms with van der Waals surface area (Å²) < 4.78 is 26.1. The minimum absolute atomic E-state index is 0.110. The Balaban J connectivity index is 2.22. The molecule has 2 heterocycles. The molecule has 0 saturated carbocycles. The number of aromatic nitrogens is 2. The first-order chi connectivity index (χ1) is 8.05. The molecule has 0 aromatic carbocycles. The minimum Gasteiger partial charge on any atom is -0.332 e. The Labute approximate surface area is 106 Å². The molecule has 1 saturated heterocycles. The van der Waals surface area contributed by atoms with Gasteiger partial charge in [-0.05, 0) is 12.2 Å². The molecule has 1 N–H and O–H groups in total. The van der Waals surface area contributed by atoms with Crippen LogP contribution >= 0.6 is 11.8 Å². The van der Waals surface area contributed by atoms with Crippen LogP contribution in [-0.2, 0) is 16.4 Å². The molecular weight excluding hydrogens is 258 g/mol. The van der Waals surface area contributed by atoms with Crippen molar-refractivity contribution in [2.45, 2.75) is 30.8 Å². The van der Waals surface area contributed by atoms with Gasteiger partial charge in [0, 0.05) is 25.3 Å². The minimum atomic E-state index is -3.41. The Morgan fingerprint density at radius 2 is 2.41 bits per heavy atom. The van der Waals surface area contributed by atoms with E-state index in [1.807, 2.05) is 6.92 Å². The van der Waals surface area contributed by atoms with Crippen LogP contribution in [0.4, 0.5) is 0 Å². The lowest BCUT2D eigenvalue weighted by atomic mass is 10.3. The predicted molar refractivity (Wildman–Crippen MR) is 68.6 cm³/mol. The maximum atomic E-state index is 12.3. The van der Waals surface area contributed by atoms with Crippen LogP contribution < -0.4 is 0 Å². The largest absolute Gasteiger partial charge is 0.332 e. The van der Waals surface area contributed by atoms with E-state index in [2.05, 4.69) is 9.97 Å². The van der Waals surface area contributed by atoms with E-state index in [4.69, 9.17) is 0 Å². The third kappa shape index (κ3) is 2.51. The monoisotopic (exact) mass is 275 g/mol. The summed E-state index contributed by atoms with van der Waals surface area (Å²) in [6.45, 7) is 1.94. The third-order valence-corrected chi connectivity index (χ3v) is 5.98. The molecule has 1 fully saturated rings. The van der Waals surface area contributed by atoms with E-state index < -0.39 is 10.0 Å². The van der Waals surface area contributed by atoms with Crippen molar-refractivity contribution in [1.29, 1.82) is 0 Å². The van der Waals surface area contributed by atoms with Gasteiger partial charge in [0.25, 0.3) is 10.0 Å². The highest BCUT2D eigenvalue weighted by Crippen LogP contribution is 2.25. The quantitative estimate of drug-likeness (QED) is 0.893. The van der Waals surface area contributed by atoms with Crippen molar-refractivity contribution in [2.75, 3.05) is 18.6 Å². The van der Waals surface area contributed by atoms with Gasteiger partial charge >= 0.3 is 0 Å². The lowest BCUT2D eigenvalue weighted by molar-refractivity contribution is 0.393. The molecule has 1 aromatic heterocycles. The van der Waals surface area contributed by atoms with Crippen molar-refractivity contribution in [2.24, 2.45) is 0 Å². The van der Waals surface area contributed by atoms with Crippen molar-refractivity contribution < 1.29 is 8.42 Å². The number of aromatic amines is 1. The topological polar surface area (TPSA) is 66.1 Å². The standard InChI is InChI=1S/C10H17N3O2S2/c1-3-9-11-6-10(12-9)17(14,15)13(2)8-4-5-16-7-8/h6,8H,3-5,7H2,1-2H3,(H,11,12). The van der Waals surface area contributed by atoms with Crippen molar-refractivity contribution in [3.63, 3.8) is 0 Å². The van der Waals surface area contributed by atoms with E-state index in [1.165, 1.54) is 10.5 Å². The van der Waals surface area contributed by atoms with Gasteiger partial charge in [0.2, 0.25) is 0 Å². The van der Waals surface area contributed by atoms with Gasteiger partial charge < -0.3 is 4.98 Å². The summed E-state index contributed by atoms with van der Waals surface area (Å²) in [5.74, 6) is 2.62. The molecule has 2 rings (SSSR count). The average Bonchev–Trinajstić information content (AvgIpc) is 2.98. The van der Waals surface area contributed by atoms with Crippen LogP contribution in [0.25, 0.3) is 0 Å². The number of rotatable bonds is 4. The summed E-state index contributed by atoms with van der Waals surface area (Å²) >= 11 is 1.80. The van der Waals surface area contributed by atoms with E-state index in [9.17, 15) is 8.42 Å². The normalized spacial score (nSPS) is 21.2. The number of hydrogen-bond donors (Lipinski definition) is 1. The fourth-order valence-corrected chi connectivity index (χ4v) is 4.49. The summed E-state index contributed by atoms with van der Waals surface area (Å²) in [6.07, 6.45) is 3.04. The molecule has 1 aromatic rings. The first-order valence-corrected chi connectivity index (χ1v) is 8.25. The van der Waals surface area contributed by atoms with Gasteiger partial charge in [-0.15, -0.1) is 0 Å². The number of hydrogen-bond acceptors (Lipinski definition) is 4. The van der Waals surface area contributed by atoms with Crippen molar-refractivity contribution in [1.82, 2.24) is 14.3 Å². The molecule has 0 spiro atoms. The van der Waals surface area contributed by atoms with Gasteiger partial charge in [0.1, 0.15) is 5.82 Å². The summed E-state index contributed by atoms with van der Waals surface area (Å²) in [6, 6.07) is 0.110. The molecule has 17 heavy (non-hydrogen) atoms. The van der Waals surface area contributed by atoms with E-state index in [1.54, 1.807) is 18.8 Å². The Morgan fingerprint density at radius 3 is 2.94 bits per heavy atom. The van der Waals surface area contributed by atoms with Crippen LogP contribution in [0.5, 0.6) is 0 Å². The average molecular weight is 275 g/mol. The smallest absolute Gasteiger partial charge is 0.260 e. The van der Waals surface area contributed by atoms with Crippen molar-refractivity contribution in [3.05, 3.63) is 12.0 Å². The Kier molecular flexibility index (Phi) is 3.79. The molecule has 1 aliphatic rings. The molecule has 1 aliphatic heterocycles. The highest BCUT2D eigenvalue weighted by Gasteiger charge is 2.31. The van der Waals surface area contributed by atoms with Crippen LogP contribution in [-0.4, -0.2) is 47.3 Å². The number of sulfonamides is 1. The van der Waals surface area contributed by atoms with E-state index in [-0.39, 0.29) is 11.1 Å². The number of thioether (sulfide) groups is 1. The Bertz CT molecular complexity index is 477. The van der Waals surface area contributed by atoms with Crippen LogP contribution in [0.2, 0.25) is 0 Å². The number of H-pyrrole nitrogens is 1. The molecule has 1 unspecified atom stereocenters. The summed E-state index contributed by atoms with van der Waals surface area (Å²) in [5.41, 5.74) is 0. The number of aryl methyl sites for hydroxylation is 1. The first-order valence-electron chi connectivity index (χ1n) is 5.65. The summed E-state index contributed by atoms with van der Waals surface area (Å²) in [7, 11) is -1.76. The lowest BCUT2D eigenvalue weighted by Gasteiger charge is -2.21. The molecular formula is C10H17N3O2S2. The highest BCUT2D eigenvalue weighted by atomic mass is 32.2. The predicted octanol–water partition coefficient (Wildman–Crippen LogP) is 1.10. The number of imidazole rings is 1. The Hall–Kier alpha value is -0.530. The van der Waals surface area contributed by atoms with Crippen molar-refractivity contribution >= 4 is 21.8 Å². The molecule has 0 radical (unpaired) electrons. The zero-order valence-electron chi connectivity index (χ0n) is 10.0. The Morgan fingerprint density at radius 1 is 1.65 bits per heavy atom. The molecule has 7 heteroatoms. The van der Waals surface area contributed by atoms with Gasteiger partial charge in [-0.2, -0.15) is 16.1 Å². The second kappa shape index (κ2) is 4.99. The van der Waals surface area contributed by atoms with Gasteiger partial charge in [-0.3, -0.25) is 0 Å². The molecule has 0 aliphatic carbocycles. The fourth-order valence-electron chi connectivity index (χ4n) is 1.81. The SMILES string of the molecule is CCc1ncc(S(=O)(=O)N(C)C2CCSC2)[nH]1. The second-order valence-corrected chi connectivity index (χ2v) is 7.20. The van der Waals surface area contributed by atoms with Crippen LogP contribution in [0.3, 0.4) is 0 Å². The maximum absolute atomic E-state index is 12.3. The van der Waals surface area contributed by atoms with Crippen LogP contribution in [0, 0.1) is 0 Å². The van der Waals surface area contributed by atoms with Gasteiger partial charge in [0.05, 0.1) is 6.20 Å². The third-order valence-electron chi connectivity index (χ3n) is 3.02.